The largest absolute Gasteiger partial charge is 0.379 e. The molecule has 1 amide bonds. The maximum atomic E-state index is 13.1. The average Bonchev–Trinajstić information content (AvgIpc) is 3.54. The standard InChI is InChI=1S/C25H35ClN8O/c1-15(2)13-28-16-3-5-18(6-4-16)31-23-12-20(30-17-7-8-17)24-29-14-21(34(24)33-23)25(35)32-19-9-10-27-22(26)11-19/h9-12,15-18,21,28,30H,3-8,13-14H2,1-2H3,(H,31,33)(H,27,32,35). The zero-order valence-electron chi connectivity index (χ0n) is 20.4. The van der Waals surface area contributed by atoms with Gasteiger partial charge in [0.15, 0.2) is 11.9 Å². The monoisotopic (exact) mass is 498 g/mol. The molecule has 2 fully saturated rings. The van der Waals surface area contributed by atoms with Gasteiger partial charge in [0.2, 0.25) is 0 Å². The Balaban J connectivity index is 1.27. The Labute approximate surface area is 211 Å². The van der Waals surface area contributed by atoms with Crippen molar-refractivity contribution in [3.8, 4) is 0 Å². The van der Waals surface area contributed by atoms with Gasteiger partial charge in [0.1, 0.15) is 11.0 Å². The minimum atomic E-state index is -0.484. The van der Waals surface area contributed by atoms with Crippen LogP contribution in [0.2, 0.25) is 5.15 Å². The van der Waals surface area contributed by atoms with E-state index in [9.17, 15) is 4.79 Å². The highest BCUT2D eigenvalue weighted by Gasteiger charge is 2.39. The summed E-state index contributed by atoms with van der Waals surface area (Å²) in [6.45, 7) is 5.93. The van der Waals surface area contributed by atoms with Gasteiger partial charge in [-0.05, 0) is 63.1 Å². The third-order valence-corrected chi connectivity index (χ3v) is 6.98. The van der Waals surface area contributed by atoms with Crippen LogP contribution in [0.15, 0.2) is 40.1 Å². The summed E-state index contributed by atoms with van der Waals surface area (Å²) in [5.41, 5.74) is 4.95. The van der Waals surface area contributed by atoms with Crippen LogP contribution in [0, 0.1) is 5.92 Å². The summed E-state index contributed by atoms with van der Waals surface area (Å²) in [6.07, 6.45) is 10.4. The number of hydrazine groups is 1. The fraction of sp³-hybridized carbons (Fsp3) is 0.600. The number of rotatable bonds is 8. The molecule has 4 aliphatic rings. The molecule has 4 N–H and O–H groups in total. The molecule has 3 heterocycles. The van der Waals surface area contributed by atoms with E-state index in [2.05, 4.69) is 46.3 Å². The normalized spacial score (nSPS) is 27.3. The van der Waals surface area contributed by atoms with Crippen molar-refractivity contribution in [2.75, 3.05) is 18.4 Å². The lowest BCUT2D eigenvalue weighted by Crippen LogP contribution is -2.57. The highest BCUT2D eigenvalue weighted by Crippen LogP contribution is 2.26. The van der Waals surface area contributed by atoms with E-state index >= 15 is 0 Å². The molecule has 10 heteroatoms. The van der Waals surface area contributed by atoms with E-state index < -0.39 is 6.04 Å². The summed E-state index contributed by atoms with van der Waals surface area (Å²) in [6, 6.07) is 4.22. The van der Waals surface area contributed by atoms with Crippen molar-refractivity contribution >= 4 is 34.9 Å². The first kappa shape index (κ1) is 24.1. The zero-order chi connectivity index (χ0) is 24.4. The number of nitrogens with one attached hydrogen (secondary N) is 4. The Kier molecular flexibility index (Phi) is 7.24. The quantitative estimate of drug-likeness (QED) is 0.411. The summed E-state index contributed by atoms with van der Waals surface area (Å²) in [7, 11) is 0. The lowest BCUT2D eigenvalue weighted by atomic mass is 9.91. The third-order valence-electron chi connectivity index (χ3n) is 6.78. The number of anilines is 1. The zero-order valence-corrected chi connectivity index (χ0v) is 21.2. The molecule has 0 bridgehead atoms. The number of halogens is 1. The van der Waals surface area contributed by atoms with Crippen LogP contribution in [0.3, 0.4) is 0 Å². The van der Waals surface area contributed by atoms with Gasteiger partial charge < -0.3 is 16.0 Å². The fourth-order valence-electron chi connectivity index (χ4n) is 4.72. The number of carbonyl (C=O) groups is 1. The third kappa shape index (κ3) is 6.13. The molecule has 1 atom stereocenters. The molecular weight excluding hydrogens is 464 g/mol. The molecular formula is C25H35ClN8O. The number of nitrogens with zero attached hydrogens (tertiary/aromatic N) is 4. The molecule has 0 spiro atoms. The molecule has 0 saturated heterocycles. The Morgan fingerprint density at radius 2 is 2.00 bits per heavy atom. The van der Waals surface area contributed by atoms with Crippen LogP contribution in [-0.4, -0.2) is 64.8 Å². The topological polar surface area (TPSA) is 106 Å². The van der Waals surface area contributed by atoms with Crippen LogP contribution >= 0.6 is 11.6 Å². The van der Waals surface area contributed by atoms with Gasteiger partial charge in [-0.2, -0.15) is 0 Å². The van der Waals surface area contributed by atoms with Crippen molar-refractivity contribution in [1.29, 1.82) is 0 Å². The predicted molar refractivity (Wildman–Crippen MR) is 140 cm³/mol. The molecule has 2 aliphatic carbocycles. The van der Waals surface area contributed by atoms with Gasteiger partial charge >= 0.3 is 0 Å². The summed E-state index contributed by atoms with van der Waals surface area (Å²) >= 11 is 5.98. The van der Waals surface area contributed by atoms with Gasteiger partial charge in [-0.15, -0.1) is 0 Å². The van der Waals surface area contributed by atoms with E-state index in [0.29, 0.717) is 35.4 Å². The molecule has 1 unspecified atom stereocenters. The van der Waals surface area contributed by atoms with E-state index in [-0.39, 0.29) is 11.9 Å². The first-order chi connectivity index (χ1) is 16.9. The van der Waals surface area contributed by atoms with Crippen molar-refractivity contribution in [3.63, 3.8) is 0 Å². The predicted octanol–water partition coefficient (Wildman–Crippen LogP) is 2.87. The van der Waals surface area contributed by atoms with Gasteiger partial charge in [0.25, 0.3) is 5.91 Å². The maximum absolute atomic E-state index is 13.1. The Morgan fingerprint density at radius 1 is 1.23 bits per heavy atom. The van der Waals surface area contributed by atoms with Crippen LogP contribution in [0.25, 0.3) is 0 Å². The van der Waals surface area contributed by atoms with E-state index in [0.717, 1.165) is 62.4 Å². The lowest BCUT2D eigenvalue weighted by molar-refractivity contribution is -0.119. The Hall–Kier alpha value is -2.65. The molecule has 1 aromatic rings. The lowest BCUT2D eigenvalue weighted by Gasteiger charge is -2.34. The SMILES string of the molecule is CC(C)CNC1CCC(N=C2C=C(NC3CC3)C3=NCC(C(=O)Nc4ccnc(Cl)c4)N3N2)CC1. The first-order valence-corrected chi connectivity index (χ1v) is 13.1. The van der Waals surface area contributed by atoms with Crippen LogP contribution in [0.1, 0.15) is 52.4 Å². The Bertz CT molecular complexity index is 1030. The minimum absolute atomic E-state index is 0.151. The second-order valence-corrected chi connectivity index (χ2v) is 10.7. The van der Waals surface area contributed by atoms with Gasteiger partial charge in [-0.3, -0.25) is 25.2 Å². The highest BCUT2D eigenvalue weighted by molar-refractivity contribution is 6.29. The van der Waals surface area contributed by atoms with Crippen molar-refractivity contribution < 1.29 is 4.79 Å². The molecule has 0 radical (unpaired) electrons. The summed E-state index contributed by atoms with van der Waals surface area (Å²) in [4.78, 5) is 26.9. The first-order valence-electron chi connectivity index (χ1n) is 12.8. The van der Waals surface area contributed by atoms with Crippen LogP contribution in [-0.2, 0) is 4.79 Å². The number of pyridine rings is 1. The average molecular weight is 499 g/mol. The van der Waals surface area contributed by atoms with Crippen molar-refractivity contribution in [3.05, 3.63) is 35.3 Å². The molecule has 35 heavy (non-hydrogen) atoms. The van der Waals surface area contributed by atoms with Gasteiger partial charge in [-0.25, -0.2) is 4.98 Å². The fourth-order valence-corrected chi connectivity index (χ4v) is 4.89. The summed E-state index contributed by atoms with van der Waals surface area (Å²) < 4.78 is 0. The number of fused-ring (bicyclic) bond motifs is 1. The van der Waals surface area contributed by atoms with Crippen LogP contribution < -0.4 is 21.4 Å². The number of hydrogen-bond acceptors (Lipinski definition) is 7. The van der Waals surface area contributed by atoms with Crippen molar-refractivity contribution in [2.24, 2.45) is 15.9 Å². The van der Waals surface area contributed by atoms with Crippen molar-refractivity contribution in [2.45, 2.75) is 76.5 Å². The summed E-state index contributed by atoms with van der Waals surface area (Å²) in [5.74, 6) is 2.07. The number of aromatic nitrogens is 1. The molecule has 1 aromatic heterocycles. The highest BCUT2D eigenvalue weighted by atomic mass is 35.5. The van der Waals surface area contributed by atoms with Crippen LogP contribution in [0.4, 0.5) is 5.69 Å². The number of amidine groups is 2. The van der Waals surface area contributed by atoms with E-state index in [1.165, 1.54) is 0 Å². The molecule has 5 rings (SSSR count). The number of carbonyl (C=O) groups excluding carboxylic acids is 1. The second-order valence-electron chi connectivity index (χ2n) is 10.3. The second kappa shape index (κ2) is 10.5. The summed E-state index contributed by atoms with van der Waals surface area (Å²) in [5, 5.41) is 12.4. The molecule has 0 aromatic carbocycles. The van der Waals surface area contributed by atoms with Gasteiger partial charge in [0, 0.05) is 30.0 Å². The number of aliphatic imine (C=N–C) groups is 2. The Morgan fingerprint density at radius 3 is 2.71 bits per heavy atom. The molecule has 188 valence electrons. The van der Waals surface area contributed by atoms with E-state index in [4.69, 9.17) is 21.6 Å². The molecule has 2 aliphatic heterocycles. The number of amides is 1. The van der Waals surface area contributed by atoms with Crippen molar-refractivity contribution in [1.82, 2.24) is 26.1 Å². The maximum Gasteiger partial charge on any atom is 0.251 e. The molecule has 9 nitrogen and oxygen atoms in total. The molecule has 2 saturated carbocycles. The smallest absolute Gasteiger partial charge is 0.251 e. The van der Waals surface area contributed by atoms with Gasteiger partial charge in [-0.1, -0.05) is 25.4 Å². The number of hydrogen-bond donors (Lipinski definition) is 4. The van der Waals surface area contributed by atoms with E-state index in [1.807, 2.05) is 5.01 Å². The minimum Gasteiger partial charge on any atom is -0.379 e. The van der Waals surface area contributed by atoms with Gasteiger partial charge in [0.05, 0.1) is 18.3 Å². The van der Waals surface area contributed by atoms with Crippen LogP contribution in [0.5, 0.6) is 0 Å². The van der Waals surface area contributed by atoms with E-state index in [1.54, 1.807) is 18.3 Å².